The van der Waals surface area contributed by atoms with Crippen molar-refractivity contribution in [2.45, 2.75) is 65.1 Å². The van der Waals surface area contributed by atoms with E-state index in [4.69, 9.17) is 0 Å². The van der Waals surface area contributed by atoms with E-state index in [1.165, 1.54) is 0 Å². The Labute approximate surface area is 166 Å². The fourth-order valence-electron chi connectivity index (χ4n) is 4.10. The second-order valence-corrected chi connectivity index (χ2v) is 8.55. The summed E-state index contributed by atoms with van der Waals surface area (Å²) in [5.41, 5.74) is 0.247. The predicted molar refractivity (Wildman–Crippen MR) is 104 cm³/mol. The molecule has 8 nitrogen and oxygen atoms in total. The summed E-state index contributed by atoms with van der Waals surface area (Å²) in [6.07, 6.45) is 3.75. The van der Waals surface area contributed by atoms with Crippen molar-refractivity contribution >= 4 is 17.7 Å². The average molecular weight is 390 g/mol. The van der Waals surface area contributed by atoms with E-state index in [1.807, 2.05) is 27.7 Å². The van der Waals surface area contributed by atoms with Crippen LogP contribution in [0.1, 0.15) is 57.4 Å². The molecule has 2 aliphatic rings. The summed E-state index contributed by atoms with van der Waals surface area (Å²) < 4.78 is 1.64. The van der Waals surface area contributed by atoms with Crippen molar-refractivity contribution in [3.8, 4) is 0 Å². The highest BCUT2D eigenvalue weighted by Gasteiger charge is 2.43. The molecule has 0 radical (unpaired) electrons. The molecule has 2 fully saturated rings. The van der Waals surface area contributed by atoms with Gasteiger partial charge in [-0.2, -0.15) is 5.10 Å². The Bertz CT molecular complexity index is 757. The van der Waals surface area contributed by atoms with Crippen LogP contribution in [0.4, 0.5) is 0 Å². The average Bonchev–Trinajstić information content (AvgIpc) is 3.24. The van der Waals surface area contributed by atoms with E-state index >= 15 is 0 Å². The molecule has 1 aliphatic carbocycles. The van der Waals surface area contributed by atoms with Crippen LogP contribution in [0.2, 0.25) is 0 Å². The Morgan fingerprint density at radius 3 is 2.75 bits per heavy atom. The molecule has 2 N–H and O–H groups in total. The first kappa shape index (κ1) is 20.4. The predicted octanol–water partition coefficient (Wildman–Crippen LogP) is 1.17. The molecule has 154 valence electrons. The van der Waals surface area contributed by atoms with Crippen LogP contribution in [0.15, 0.2) is 12.3 Å². The minimum Gasteiger partial charge on any atom is -0.351 e. The van der Waals surface area contributed by atoms with Crippen molar-refractivity contribution in [3.63, 3.8) is 0 Å². The largest absolute Gasteiger partial charge is 0.351 e. The van der Waals surface area contributed by atoms with Gasteiger partial charge in [0.25, 0.3) is 5.91 Å². The summed E-state index contributed by atoms with van der Waals surface area (Å²) in [5.74, 6) is -0.379. The second-order valence-electron chi connectivity index (χ2n) is 8.55. The third kappa shape index (κ3) is 4.20. The lowest BCUT2D eigenvalue weighted by molar-refractivity contribution is -0.127. The number of carbonyl (C=O) groups is 3. The second kappa shape index (κ2) is 7.93. The molecule has 0 bridgehead atoms. The zero-order chi connectivity index (χ0) is 20.5. The number of rotatable bonds is 5. The van der Waals surface area contributed by atoms with Gasteiger partial charge in [0.2, 0.25) is 11.8 Å². The molecule has 1 aliphatic heterocycles. The number of nitrogens with one attached hydrogen (secondary N) is 2. The Kier molecular flexibility index (Phi) is 5.76. The van der Waals surface area contributed by atoms with E-state index in [-0.39, 0.29) is 47.7 Å². The first-order chi connectivity index (χ1) is 13.2. The van der Waals surface area contributed by atoms with E-state index in [9.17, 15) is 14.4 Å². The van der Waals surface area contributed by atoms with Crippen LogP contribution < -0.4 is 10.6 Å². The standard InChI is InChI=1S/C20H31N5O3/c1-5-20(3,4)23-18(27)13-9-14-11-24(12-17(26)22-15(14)10-13)19(28)16-7-8-21-25(16)6-2/h7-8,13-15H,5-6,9-12H2,1-4H3,(H,22,26)(H,23,27)/t13-,14+,15+/m0/s1. The summed E-state index contributed by atoms with van der Waals surface area (Å²) in [6, 6.07) is 1.62. The van der Waals surface area contributed by atoms with Gasteiger partial charge >= 0.3 is 0 Å². The van der Waals surface area contributed by atoms with Crippen molar-refractivity contribution < 1.29 is 14.4 Å². The molecule has 8 heteroatoms. The van der Waals surface area contributed by atoms with Crippen molar-refractivity contribution in [2.75, 3.05) is 13.1 Å². The van der Waals surface area contributed by atoms with Gasteiger partial charge in [0.15, 0.2) is 0 Å². The van der Waals surface area contributed by atoms with Gasteiger partial charge in [0, 0.05) is 36.8 Å². The molecule has 1 saturated heterocycles. The van der Waals surface area contributed by atoms with E-state index in [2.05, 4.69) is 15.7 Å². The number of amides is 3. The van der Waals surface area contributed by atoms with Crippen LogP contribution in [0.5, 0.6) is 0 Å². The van der Waals surface area contributed by atoms with Gasteiger partial charge in [-0.1, -0.05) is 6.92 Å². The Morgan fingerprint density at radius 2 is 2.07 bits per heavy atom. The fraction of sp³-hybridized carbons (Fsp3) is 0.700. The molecule has 1 aromatic rings. The number of aromatic nitrogens is 2. The van der Waals surface area contributed by atoms with Crippen molar-refractivity contribution in [1.82, 2.24) is 25.3 Å². The summed E-state index contributed by atoms with van der Waals surface area (Å²) in [5, 5.41) is 10.3. The van der Waals surface area contributed by atoms with E-state index in [1.54, 1.807) is 21.8 Å². The zero-order valence-corrected chi connectivity index (χ0v) is 17.2. The van der Waals surface area contributed by atoms with E-state index < -0.39 is 0 Å². The molecule has 3 rings (SSSR count). The molecule has 3 amide bonds. The van der Waals surface area contributed by atoms with Gasteiger partial charge in [-0.15, -0.1) is 0 Å². The SMILES string of the molecule is CCn1nccc1C(=O)N1CC(=O)N[C@@H]2C[C@@H](C(=O)NC(C)(C)CC)C[C@@H]2C1. The number of carbonyl (C=O) groups excluding carboxylic acids is 3. The smallest absolute Gasteiger partial charge is 0.272 e. The lowest BCUT2D eigenvalue weighted by Crippen LogP contribution is -2.46. The van der Waals surface area contributed by atoms with Gasteiger partial charge in [0.1, 0.15) is 5.69 Å². The topological polar surface area (TPSA) is 96.3 Å². The highest BCUT2D eigenvalue weighted by Crippen LogP contribution is 2.34. The molecule has 0 spiro atoms. The third-order valence-corrected chi connectivity index (χ3v) is 6.07. The number of hydrogen-bond donors (Lipinski definition) is 2. The minimum atomic E-state index is -0.245. The van der Waals surface area contributed by atoms with Crippen LogP contribution in [0, 0.1) is 11.8 Å². The molecule has 3 atom stereocenters. The maximum absolute atomic E-state index is 13.0. The first-order valence-electron chi connectivity index (χ1n) is 10.2. The van der Waals surface area contributed by atoms with Crippen molar-refractivity contribution in [3.05, 3.63) is 18.0 Å². The summed E-state index contributed by atoms with van der Waals surface area (Å²) in [6.45, 7) is 9.10. The van der Waals surface area contributed by atoms with Gasteiger partial charge in [-0.3, -0.25) is 19.1 Å². The molecule has 0 unspecified atom stereocenters. The molecule has 1 saturated carbocycles. The van der Waals surface area contributed by atoms with Crippen LogP contribution in [-0.2, 0) is 16.1 Å². The maximum Gasteiger partial charge on any atom is 0.272 e. The summed E-state index contributed by atoms with van der Waals surface area (Å²) in [7, 11) is 0. The van der Waals surface area contributed by atoms with Gasteiger partial charge in [0.05, 0.1) is 6.54 Å². The molecule has 28 heavy (non-hydrogen) atoms. The maximum atomic E-state index is 13.0. The van der Waals surface area contributed by atoms with Gasteiger partial charge in [-0.05, 0) is 52.0 Å². The molecular formula is C20H31N5O3. The normalized spacial score (nSPS) is 25.1. The van der Waals surface area contributed by atoms with Crippen molar-refractivity contribution in [2.24, 2.45) is 11.8 Å². The molecule has 1 aromatic heterocycles. The Morgan fingerprint density at radius 1 is 1.32 bits per heavy atom. The zero-order valence-electron chi connectivity index (χ0n) is 17.2. The monoisotopic (exact) mass is 389 g/mol. The number of fused-ring (bicyclic) bond motifs is 1. The number of hydrogen-bond acceptors (Lipinski definition) is 4. The molecule has 2 heterocycles. The molecular weight excluding hydrogens is 358 g/mol. The fourth-order valence-corrected chi connectivity index (χ4v) is 4.10. The van der Waals surface area contributed by atoms with Crippen LogP contribution in [0.3, 0.4) is 0 Å². The van der Waals surface area contributed by atoms with Crippen LogP contribution in [0.25, 0.3) is 0 Å². The summed E-state index contributed by atoms with van der Waals surface area (Å²) >= 11 is 0. The van der Waals surface area contributed by atoms with E-state index in [0.29, 0.717) is 31.6 Å². The highest BCUT2D eigenvalue weighted by molar-refractivity contribution is 5.95. The lowest BCUT2D eigenvalue weighted by Gasteiger charge is -2.27. The molecule has 0 aromatic carbocycles. The van der Waals surface area contributed by atoms with Gasteiger partial charge in [-0.25, -0.2) is 0 Å². The number of aryl methyl sites for hydroxylation is 1. The van der Waals surface area contributed by atoms with E-state index in [0.717, 1.165) is 6.42 Å². The Hall–Kier alpha value is -2.38. The van der Waals surface area contributed by atoms with Crippen LogP contribution >= 0.6 is 0 Å². The quantitative estimate of drug-likeness (QED) is 0.790. The van der Waals surface area contributed by atoms with Gasteiger partial charge < -0.3 is 15.5 Å². The first-order valence-corrected chi connectivity index (χ1v) is 10.2. The Balaban J connectivity index is 1.71. The van der Waals surface area contributed by atoms with Crippen LogP contribution in [-0.4, -0.2) is 57.1 Å². The summed E-state index contributed by atoms with van der Waals surface area (Å²) in [4.78, 5) is 39.7. The highest BCUT2D eigenvalue weighted by atomic mass is 16.2. The third-order valence-electron chi connectivity index (χ3n) is 6.07. The lowest BCUT2D eigenvalue weighted by atomic mass is 9.98. The number of nitrogens with zero attached hydrogens (tertiary/aromatic N) is 3. The van der Waals surface area contributed by atoms with Crippen molar-refractivity contribution in [1.29, 1.82) is 0 Å². The minimum absolute atomic E-state index is 0.0381.